The summed E-state index contributed by atoms with van der Waals surface area (Å²) in [5.74, 6) is -5.72. The van der Waals surface area contributed by atoms with Crippen LogP contribution < -0.4 is 0 Å². The number of benzene rings is 1. The van der Waals surface area contributed by atoms with Crippen LogP contribution in [0.25, 0.3) is 10.4 Å². The molecule has 15 heavy (non-hydrogen) atoms. The third-order valence-electron chi connectivity index (χ3n) is 1.53. The maximum Gasteiger partial charge on any atom is 0.178 e. The molecular formula is C8HF4N3. The van der Waals surface area contributed by atoms with E-state index < -0.39 is 34.5 Å². The molecule has 0 spiro atoms. The first kappa shape index (κ1) is 10.9. The topological polar surface area (TPSA) is 48.8 Å². The van der Waals surface area contributed by atoms with E-state index in [2.05, 4.69) is 11.5 Å². The number of halogens is 4. The molecule has 0 N–H and O–H groups in total. The lowest BCUT2D eigenvalue weighted by atomic mass is 10.1. The van der Waals surface area contributed by atoms with Crippen LogP contribution in [0.3, 0.4) is 0 Å². The van der Waals surface area contributed by atoms with Crippen molar-refractivity contribution in [2.24, 2.45) is 5.11 Å². The number of terminal acetylenes is 1. The number of nitrogens with zero attached hydrogens (tertiary/aromatic N) is 3. The minimum Gasteiger partial charge on any atom is -0.203 e. The molecule has 7 heteroatoms. The molecule has 1 aromatic rings. The minimum absolute atomic E-state index is 1.18. The Morgan fingerprint density at radius 2 is 1.53 bits per heavy atom. The van der Waals surface area contributed by atoms with Crippen molar-refractivity contribution in [1.29, 1.82) is 0 Å². The highest BCUT2D eigenvalue weighted by Crippen LogP contribution is 2.29. The first-order chi connectivity index (χ1) is 7.04. The zero-order chi connectivity index (χ0) is 11.6. The Balaban J connectivity index is 3.75. The molecule has 0 aliphatic heterocycles. The van der Waals surface area contributed by atoms with Crippen LogP contribution in [0.5, 0.6) is 0 Å². The Labute approximate surface area is 81.0 Å². The van der Waals surface area contributed by atoms with E-state index in [4.69, 9.17) is 5.53 Å². The third kappa shape index (κ3) is 1.58. The molecule has 0 saturated carbocycles. The molecule has 0 fully saturated rings. The fraction of sp³-hybridized carbons (Fsp3) is 0. The number of hydrogen-bond acceptors (Lipinski definition) is 1. The third-order valence-corrected chi connectivity index (χ3v) is 1.53. The predicted octanol–water partition coefficient (Wildman–Crippen LogP) is 3.17. The van der Waals surface area contributed by atoms with Gasteiger partial charge in [0.15, 0.2) is 23.3 Å². The molecule has 0 amide bonds. The number of azide groups is 1. The van der Waals surface area contributed by atoms with E-state index >= 15 is 0 Å². The second-order valence-corrected chi connectivity index (χ2v) is 2.31. The molecule has 0 heterocycles. The summed E-state index contributed by atoms with van der Waals surface area (Å²) in [6.45, 7) is 0. The molecule has 0 aliphatic carbocycles. The molecule has 0 atom stereocenters. The van der Waals surface area contributed by atoms with Gasteiger partial charge in [0.1, 0.15) is 11.3 Å². The van der Waals surface area contributed by atoms with Crippen LogP contribution in [0, 0.1) is 35.6 Å². The van der Waals surface area contributed by atoms with Crippen LogP contribution in [-0.2, 0) is 0 Å². The zero-order valence-electron chi connectivity index (χ0n) is 6.93. The summed E-state index contributed by atoms with van der Waals surface area (Å²) in [6, 6.07) is 0. The summed E-state index contributed by atoms with van der Waals surface area (Å²) in [4.78, 5) is 2.03. The molecule has 0 radical (unpaired) electrons. The van der Waals surface area contributed by atoms with Crippen LogP contribution in [0.4, 0.5) is 23.2 Å². The zero-order valence-corrected chi connectivity index (χ0v) is 6.93. The second kappa shape index (κ2) is 3.90. The number of rotatable bonds is 1. The largest absolute Gasteiger partial charge is 0.203 e. The van der Waals surface area contributed by atoms with Gasteiger partial charge in [0, 0.05) is 4.91 Å². The molecule has 0 unspecified atom stereocenters. The first-order valence-electron chi connectivity index (χ1n) is 3.42. The van der Waals surface area contributed by atoms with Gasteiger partial charge in [0.25, 0.3) is 0 Å². The maximum absolute atomic E-state index is 12.9. The summed E-state index contributed by atoms with van der Waals surface area (Å²) in [5, 5.41) is 2.48. The van der Waals surface area contributed by atoms with Crippen molar-refractivity contribution in [3.05, 3.63) is 39.3 Å². The highest BCUT2D eigenvalue weighted by molar-refractivity contribution is 5.48. The predicted molar refractivity (Wildman–Crippen MR) is 43.0 cm³/mol. The fourth-order valence-electron chi connectivity index (χ4n) is 0.879. The van der Waals surface area contributed by atoms with E-state index in [0.29, 0.717) is 0 Å². The average molecular weight is 215 g/mol. The van der Waals surface area contributed by atoms with Crippen LogP contribution >= 0.6 is 0 Å². The van der Waals surface area contributed by atoms with Gasteiger partial charge in [-0.25, -0.2) is 17.6 Å². The SMILES string of the molecule is C#Cc1c(F)c(F)c(N=[N+]=[N-])c(F)c1F. The molecule has 0 saturated heterocycles. The van der Waals surface area contributed by atoms with Gasteiger partial charge in [-0.2, -0.15) is 0 Å². The van der Waals surface area contributed by atoms with Crippen LogP contribution in [-0.4, -0.2) is 0 Å². The van der Waals surface area contributed by atoms with Gasteiger partial charge in [-0.15, -0.1) is 6.42 Å². The van der Waals surface area contributed by atoms with Crippen molar-refractivity contribution in [3.63, 3.8) is 0 Å². The van der Waals surface area contributed by atoms with Gasteiger partial charge in [0.2, 0.25) is 0 Å². The lowest BCUT2D eigenvalue weighted by Crippen LogP contribution is -2.00. The Bertz CT molecular complexity index is 483. The van der Waals surface area contributed by atoms with Crippen molar-refractivity contribution in [2.45, 2.75) is 0 Å². The lowest BCUT2D eigenvalue weighted by Gasteiger charge is -2.03. The molecule has 76 valence electrons. The summed E-state index contributed by atoms with van der Waals surface area (Å²) in [7, 11) is 0. The van der Waals surface area contributed by atoms with Gasteiger partial charge in [0.05, 0.1) is 0 Å². The molecule has 3 nitrogen and oxygen atoms in total. The van der Waals surface area contributed by atoms with Gasteiger partial charge < -0.3 is 0 Å². The monoisotopic (exact) mass is 215 g/mol. The van der Waals surface area contributed by atoms with Crippen LogP contribution in [0.2, 0.25) is 0 Å². The summed E-state index contributed by atoms with van der Waals surface area (Å²) in [6.07, 6.45) is 4.65. The Hall–Kier alpha value is -2.19. The van der Waals surface area contributed by atoms with E-state index in [1.807, 2.05) is 4.91 Å². The summed E-state index contributed by atoms with van der Waals surface area (Å²) in [5.41, 5.74) is 5.35. The van der Waals surface area contributed by atoms with Gasteiger partial charge in [-0.1, -0.05) is 11.0 Å². The standard InChI is InChI=1S/C8HF4N3/c1-2-3-4(9)6(11)8(14-15-13)7(12)5(3)10/h1H. The Morgan fingerprint density at radius 3 is 1.87 bits per heavy atom. The van der Waals surface area contributed by atoms with E-state index in [1.165, 1.54) is 5.92 Å². The average Bonchev–Trinajstić information content (AvgIpc) is 2.23. The van der Waals surface area contributed by atoms with Crippen LogP contribution in [0.15, 0.2) is 5.11 Å². The van der Waals surface area contributed by atoms with Crippen molar-refractivity contribution in [2.75, 3.05) is 0 Å². The fourth-order valence-corrected chi connectivity index (χ4v) is 0.879. The minimum atomic E-state index is -1.82. The maximum atomic E-state index is 12.9. The Kier molecular flexibility index (Phi) is 2.83. The van der Waals surface area contributed by atoms with E-state index in [9.17, 15) is 17.6 Å². The highest BCUT2D eigenvalue weighted by atomic mass is 19.2. The highest BCUT2D eigenvalue weighted by Gasteiger charge is 2.23. The molecule has 0 aromatic heterocycles. The van der Waals surface area contributed by atoms with Crippen molar-refractivity contribution < 1.29 is 17.6 Å². The number of hydrogen-bond donors (Lipinski definition) is 0. The molecular weight excluding hydrogens is 214 g/mol. The van der Waals surface area contributed by atoms with Gasteiger partial charge in [-0.3, -0.25) is 0 Å². The molecule has 1 aromatic carbocycles. The Morgan fingerprint density at radius 1 is 1.07 bits per heavy atom. The van der Waals surface area contributed by atoms with Crippen molar-refractivity contribution in [3.8, 4) is 12.3 Å². The lowest BCUT2D eigenvalue weighted by molar-refractivity contribution is 0.454. The van der Waals surface area contributed by atoms with Crippen LogP contribution in [0.1, 0.15) is 5.56 Å². The van der Waals surface area contributed by atoms with Crippen molar-refractivity contribution >= 4 is 5.69 Å². The summed E-state index contributed by atoms with van der Waals surface area (Å²) >= 11 is 0. The normalized spacial score (nSPS) is 9.27. The smallest absolute Gasteiger partial charge is 0.178 e. The second-order valence-electron chi connectivity index (χ2n) is 2.31. The summed E-state index contributed by atoms with van der Waals surface area (Å²) < 4.78 is 51.7. The quantitative estimate of drug-likeness (QED) is 0.172. The van der Waals surface area contributed by atoms with E-state index in [1.54, 1.807) is 0 Å². The van der Waals surface area contributed by atoms with Gasteiger partial charge in [-0.05, 0) is 5.53 Å². The van der Waals surface area contributed by atoms with Gasteiger partial charge >= 0.3 is 0 Å². The van der Waals surface area contributed by atoms with Crippen molar-refractivity contribution in [1.82, 2.24) is 0 Å². The first-order valence-corrected chi connectivity index (χ1v) is 3.42. The van der Waals surface area contributed by atoms with E-state index in [-0.39, 0.29) is 0 Å². The molecule has 0 bridgehead atoms. The molecule has 0 aliphatic rings. The van der Waals surface area contributed by atoms with E-state index in [0.717, 1.165) is 0 Å². The molecule has 1 rings (SSSR count).